The van der Waals surface area contributed by atoms with Crippen molar-refractivity contribution in [3.8, 4) is 17.4 Å². The van der Waals surface area contributed by atoms with E-state index in [9.17, 15) is 0 Å². The van der Waals surface area contributed by atoms with E-state index in [1.807, 2.05) is 36.4 Å². The van der Waals surface area contributed by atoms with Crippen LogP contribution in [0.25, 0.3) is 11.3 Å². The van der Waals surface area contributed by atoms with Crippen molar-refractivity contribution in [2.75, 3.05) is 0 Å². The van der Waals surface area contributed by atoms with Crippen LogP contribution in [0.4, 0.5) is 0 Å². The van der Waals surface area contributed by atoms with Crippen molar-refractivity contribution in [3.63, 3.8) is 0 Å². The minimum absolute atomic E-state index is 0.554. The molecular formula is C11H7NO. The molecule has 0 unspecified atom stereocenters. The maximum atomic E-state index is 8.59. The van der Waals surface area contributed by atoms with Crippen LogP contribution in [0.1, 0.15) is 5.56 Å². The van der Waals surface area contributed by atoms with Crippen LogP contribution >= 0.6 is 0 Å². The van der Waals surface area contributed by atoms with E-state index in [1.54, 1.807) is 6.07 Å². The van der Waals surface area contributed by atoms with Gasteiger partial charge < -0.3 is 4.42 Å². The lowest BCUT2D eigenvalue weighted by Crippen LogP contribution is -1.70. The van der Waals surface area contributed by atoms with E-state index in [0.717, 1.165) is 11.3 Å². The van der Waals surface area contributed by atoms with Gasteiger partial charge in [0.15, 0.2) is 0 Å². The van der Waals surface area contributed by atoms with E-state index < -0.39 is 0 Å². The summed E-state index contributed by atoms with van der Waals surface area (Å²) in [6.45, 7) is 0. The zero-order valence-corrected chi connectivity index (χ0v) is 6.90. The molecule has 2 heteroatoms. The van der Waals surface area contributed by atoms with Gasteiger partial charge in [-0.1, -0.05) is 30.3 Å². The van der Waals surface area contributed by atoms with Gasteiger partial charge in [-0.05, 0) is 0 Å². The Labute approximate surface area is 76.0 Å². The molecule has 0 aliphatic rings. The van der Waals surface area contributed by atoms with Crippen molar-refractivity contribution in [1.29, 1.82) is 5.26 Å². The fourth-order valence-corrected chi connectivity index (χ4v) is 1.15. The summed E-state index contributed by atoms with van der Waals surface area (Å²) in [4.78, 5) is 0. The molecule has 0 saturated heterocycles. The molecule has 0 amide bonds. The van der Waals surface area contributed by atoms with Crippen LogP contribution in [0.5, 0.6) is 0 Å². The van der Waals surface area contributed by atoms with Gasteiger partial charge >= 0.3 is 0 Å². The van der Waals surface area contributed by atoms with Crippen LogP contribution in [-0.2, 0) is 0 Å². The average Bonchev–Trinajstić information content (AvgIpc) is 2.67. The third kappa shape index (κ3) is 1.45. The molecular weight excluding hydrogens is 162 g/mol. The van der Waals surface area contributed by atoms with Crippen LogP contribution in [0.2, 0.25) is 0 Å². The van der Waals surface area contributed by atoms with Crippen LogP contribution in [-0.4, -0.2) is 0 Å². The topological polar surface area (TPSA) is 36.9 Å². The zero-order chi connectivity index (χ0) is 9.10. The maximum absolute atomic E-state index is 8.59. The van der Waals surface area contributed by atoms with Crippen molar-refractivity contribution >= 4 is 0 Å². The van der Waals surface area contributed by atoms with Crippen molar-refractivity contribution in [2.24, 2.45) is 0 Å². The maximum Gasteiger partial charge on any atom is 0.135 e. The molecule has 1 heterocycles. The predicted octanol–water partition coefficient (Wildman–Crippen LogP) is 2.82. The molecule has 2 aromatic rings. The molecule has 0 aliphatic heterocycles. The highest BCUT2D eigenvalue weighted by Crippen LogP contribution is 2.20. The number of nitriles is 1. The largest absolute Gasteiger partial charge is 0.463 e. The molecule has 0 radical (unpaired) electrons. The van der Waals surface area contributed by atoms with Gasteiger partial charge in [-0.15, -0.1) is 0 Å². The Hall–Kier alpha value is -2.01. The van der Waals surface area contributed by atoms with Gasteiger partial charge in [0.05, 0.1) is 5.56 Å². The Morgan fingerprint density at radius 3 is 2.54 bits per heavy atom. The number of benzene rings is 1. The standard InChI is InChI=1S/C11H7NO/c12-7-9-6-11(13-8-9)10-4-2-1-3-5-10/h1-6,8H. The first-order valence-electron chi connectivity index (χ1n) is 3.94. The first kappa shape index (κ1) is 7.63. The fraction of sp³-hybridized carbons (Fsp3) is 0. The molecule has 1 aromatic heterocycles. The lowest BCUT2D eigenvalue weighted by molar-refractivity contribution is 0.581. The van der Waals surface area contributed by atoms with Crippen LogP contribution in [0, 0.1) is 11.3 Å². The number of hydrogen-bond donors (Lipinski definition) is 0. The van der Waals surface area contributed by atoms with Crippen molar-refractivity contribution < 1.29 is 4.42 Å². The van der Waals surface area contributed by atoms with Gasteiger partial charge in [0, 0.05) is 11.6 Å². The van der Waals surface area contributed by atoms with Gasteiger partial charge in [0.1, 0.15) is 18.1 Å². The molecule has 0 spiro atoms. The molecule has 0 aliphatic carbocycles. The summed E-state index contributed by atoms with van der Waals surface area (Å²) < 4.78 is 5.22. The summed E-state index contributed by atoms with van der Waals surface area (Å²) in [5.74, 6) is 0.733. The fourth-order valence-electron chi connectivity index (χ4n) is 1.15. The van der Waals surface area contributed by atoms with Gasteiger partial charge in [-0.2, -0.15) is 5.26 Å². The number of nitrogens with zero attached hydrogens (tertiary/aromatic N) is 1. The smallest absolute Gasteiger partial charge is 0.135 e. The van der Waals surface area contributed by atoms with E-state index in [0.29, 0.717) is 5.56 Å². The zero-order valence-electron chi connectivity index (χ0n) is 6.90. The lowest BCUT2D eigenvalue weighted by atomic mass is 10.1. The second kappa shape index (κ2) is 3.16. The Kier molecular flexibility index (Phi) is 1.85. The normalized spacial score (nSPS) is 9.46. The Bertz CT molecular complexity index is 437. The van der Waals surface area contributed by atoms with Gasteiger partial charge in [0.2, 0.25) is 0 Å². The van der Waals surface area contributed by atoms with E-state index in [4.69, 9.17) is 9.68 Å². The minimum atomic E-state index is 0.554. The van der Waals surface area contributed by atoms with Gasteiger partial charge in [-0.25, -0.2) is 0 Å². The monoisotopic (exact) mass is 169 g/mol. The third-order valence-electron chi connectivity index (χ3n) is 1.79. The molecule has 0 atom stereocenters. The number of rotatable bonds is 1. The average molecular weight is 169 g/mol. The number of furan rings is 1. The minimum Gasteiger partial charge on any atom is -0.463 e. The Balaban J connectivity index is 2.43. The summed E-state index contributed by atoms with van der Waals surface area (Å²) in [5, 5.41) is 8.59. The van der Waals surface area contributed by atoms with Gasteiger partial charge in [0.25, 0.3) is 0 Å². The summed E-state index contributed by atoms with van der Waals surface area (Å²) in [5.41, 5.74) is 1.54. The summed E-state index contributed by atoms with van der Waals surface area (Å²) in [6, 6.07) is 13.5. The second-order valence-electron chi connectivity index (χ2n) is 2.68. The van der Waals surface area contributed by atoms with E-state index in [2.05, 4.69) is 0 Å². The second-order valence-corrected chi connectivity index (χ2v) is 2.68. The SMILES string of the molecule is N#Cc1coc(-c2ccccc2)c1. The summed E-state index contributed by atoms with van der Waals surface area (Å²) >= 11 is 0. The molecule has 0 bridgehead atoms. The lowest BCUT2D eigenvalue weighted by Gasteiger charge is -1.92. The van der Waals surface area contributed by atoms with E-state index in [1.165, 1.54) is 6.26 Å². The van der Waals surface area contributed by atoms with Crippen LogP contribution in [0.3, 0.4) is 0 Å². The van der Waals surface area contributed by atoms with Crippen molar-refractivity contribution in [1.82, 2.24) is 0 Å². The van der Waals surface area contributed by atoms with E-state index >= 15 is 0 Å². The first-order chi connectivity index (χ1) is 6.40. The number of hydrogen-bond acceptors (Lipinski definition) is 2. The van der Waals surface area contributed by atoms with Crippen molar-refractivity contribution in [3.05, 3.63) is 48.2 Å². The highest BCUT2D eigenvalue weighted by molar-refractivity contribution is 5.58. The summed E-state index contributed by atoms with van der Waals surface area (Å²) in [6.07, 6.45) is 1.46. The molecule has 62 valence electrons. The van der Waals surface area contributed by atoms with Gasteiger partial charge in [-0.3, -0.25) is 0 Å². The Morgan fingerprint density at radius 1 is 1.15 bits per heavy atom. The van der Waals surface area contributed by atoms with E-state index in [-0.39, 0.29) is 0 Å². The molecule has 2 nitrogen and oxygen atoms in total. The predicted molar refractivity (Wildman–Crippen MR) is 48.9 cm³/mol. The quantitative estimate of drug-likeness (QED) is 0.658. The molecule has 0 saturated carbocycles. The van der Waals surface area contributed by atoms with Crippen LogP contribution in [0.15, 0.2) is 47.1 Å². The Morgan fingerprint density at radius 2 is 1.92 bits per heavy atom. The van der Waals surface area contributed by atoms with Crippen LogP contribution < -0.4 is 0 Å². The summed E-state index contributed by atoms with van der Waals surface area (Å²) in [7, 11) is 0. The molecule has 2 rings (SSSR count). The molecule has 1 aromatic carbocycles. The molecule has 13 heavy (non-hydrogen) atoms. The molecule has 0 fully saturated rings. The molecule has 0 N–H and O–H groups in total. The highest BCUT2D eigenvalue weighted by Gasteiger charge is 2.02. The third-order valence-corrected chi connectivity index (χ3v) is 1.79. The first-order valence-corrected chi connectivity index (χ1v) is 3.94. The van der Waals surface area contributed by atoms with Crippen molar-refractivity contribution in [2.45, 2.75) is 0 Å². The highest BCUT2D eigenvalue weighted by atomic mass is 16.3.